The summed E-state index contributed by atoms with van der Waals surface area (Å²) in [5.74, 6) is 0.774. The van der Waals surface area contributed by atoms with Crippen molar-refractivity contribution in [3.05, 3.63) is 46.2 Å². The molecule has 1 aromatic carbocycles. The van der Waals surface area contributed by atoms with Crippen molar-refractivity contribution in [3.63, 3.8) is 0 Å². The van der Waals surface area contributed by atoms with Crippen molar-refractivity contribution in [1.82, 2.24) is 14.9 Å². The molecule has 1 saturated carbocycles. The van der Waals surface area contributed by atoms with Gasteiger partial charge in [-0.3, -0.25) is 14.2 Å². The predicted octanol–water partition coefficient (Wildman–Crippen LogP) is 3.24. The fourth-order valence-corrected chi connectivity index (χ4v) is 3.70. The highest BCUT2D eigenvalue weighted by molar-refractivity contribution is 7.99. The topological polar surface area (TPSA) is 64.0 Å². The molecule has 2 aromatic rings. The predicted molar refractivity (Wildman–Crippen MR) is 102 cm³/mol. The summed E-state index contributed by atoms with van der Waals surface area (Å²) in [5, 5.41) is 4.53. The number of hydrogen-bond acceptors (Lipinski definition) is 4. The van der Waals surface area contributed by atoms with Gasteiger partial charge in [0, 0.05) is 17.6 Å². The van der Waals surface area contributed by atoms with E-state index in [-0.39, 0.29) is 23.3 Å². The number of carbonyl (C=O) groups is 1. The molecule has 1 aromatic heterocycles. The van der Waals surface area contributed by atoms with E-state index in [1.54, 1.807) is 24.3 Å². The van der Waals surface area contributed by atoms with Crippen molar-refractivity contribution in [1.29, 1.82) is 0 Å². The van der Waals surface area contributed by atoms with Gasteiger partial charge in [-0.15, -0.1) is 6.58 Å². The lowest BCUT2D eigenvalue weighted by atomic mass is 10.2. The first kappa shape index (κ1) is 18.0. The Kier molecular flexibility index (Phi) is 5.49. The lowest BCUT2D eigenvalue weighted by molar-refractivity contribution is -0.119. The number of aromatic nitrogens is 2. The number of thioether (sulfide) groups is 1. The standard InChI is InChI=1S/C18H20ClN3O2S/c1-3-8-22-17(24)14-7-6-13(19)9-15(14)21-18(22)25-10-16(23)20-11(2)12-4-5-12/h3,6-7,9,11-12H,1,4-5,8,10H2,2H3,(H,20,23). The summed E-state index contributed by atoms with van der Waals surface area (Å²) < 4.78 is 1.53. The summed E-state index contributed by atoms with van der Waals surface area (Å²) in [6, 6.07) is 5.21. The van der Waals surface area contributed by atoms with Crippen LogP contribution in [0.5, 0.6) is 0 Å². The van der Waals surface area contributed by atoms with Crippen molar-refractivity contribution in [3.8, 4) is 0 Å². The number of benzene rings is 1. The first-order chi connectivity index (χ1) is 12.0. The molecule has 1 heterocycles. The van der Waals surface area contributed by atoms with Gasteiger partial charge in [-0.25, -0.2) is 4.98 Å². The molecule has 3 rings (SSSR count). The van der Waals surface area contributed by atoms with Gasteiger partial charge in [0.15, 0.2) is 5.16 Å². The van der Waals surface area contributed by atoms with Gasteiger partial charge in [-0.05, 0) is 43.9 Å². The minimum Gasteiger partial charge on any atom is -0.353 e. The molecule has 0 spiro atoms. The Balaban J connectivity index is 1.83. The SMILES string of the molecule is C=CCn1c(SCC(=O)NC(C)C2CC2)nc2cc(Cl)ccc2c1=O. The number of hydrogen-bond donors (Lipinski definition) is 1. The Morgan fingerprint density at radius 2 is 2.32 bits per heavy atom. The van der Waals surface area contributed by atoms with Gasteiger partial charge in [0.2, 0.25) is 5.91 Å². The summed E-state index contributed by atoms with van der Waals surface area (Å²) in [4.78, 5) is 29.4. The normalized spacial score (nSPS) is 15.1. The molecule has 0 aliphatic heterocycles. The largest absolute Gasteiger partial charge is 0.353 e. The van der Waals surface area contributed by atoms with Crippen molar-refractivity contribution in [2.24, 2.45) is 5.92 Å². The van der Waals surface area contributed by atoms with Crippen LogP contribution in [0.25, 0.3) is 10.9 Å². The Hall–Kier alpha value is -1.79. The molecule has 1 N–H and O–H groups in total. The Morgan fingerprint density at radius 1 is 1.56 bits per heavy atom. The van der Waals surface area contributed by atoms with Crippen molar-refractivity contribution >= 4 is 40.2 Å². The molecule has 1 atom stereocenters. The zero-order valence-electron chi connectivity index (χ0n) is 14.0. The molecule has 0 saturated heterocycles. The average Bonchev–Trinajstić information content (AvgIpc) is 3.40. The maximum absolute atomic E-state index is 12.7. The highest BCUT2D eigenvalue weighted by atomic mass is 35.5. The number of carbonyl (C=O) groups excluding carboxylic acids is 1. The second-order valence-electron chi connectivity index (χ2n) is 6.24. The lowest BCUT2D eigenvalue weighted by Gasteiger charge is -2.14. The lowest BCUT2D eigenvalue weighted by Crippen LogP contribution is -2.35. The third kappa shape index (κ3) is 4.25. The van der Waals surface area contributed by atoms with Gasteiger partial charge in [0.1, 0.15) is 0 Å². The molecule has 1 amide bonds. The number of nitrogens with zero attached hydrogens (tertiary/aromatic N) is 2. The third-order valence-corrected chi connectivity index (χ3v) is 5.46. The number of fused-ring (bicyclic) bond motifs is 1. The van der Waals surface area contributed by atoms with Crippen molar-refractivity contribution in [2.45, 2.75) is 37.5 Å². The molecular weight excluding hydrogens is 358 g/mol. The molecular formula is C18H20ClN3O2S. The molecule has 1 unspecified atom stereocenters. The molecule has 0 radical (unpaired) electrons. The van der Waals surface area contributed by atoms with Gasteiger partial charge in [-0.2, -0.15) is 0 Å². The number of allylic oxidation sites excluding steroid dienone is 1. The zero-order chi connectivity index (χ0) is 18.0. The van der Waals surface area contributed by atoms with Crippen LogP contribution in [0.15, 0.2) is 40.8 Å². The second kappa shape index (κ2) is 7.62. The minimum absolute atomic E-state index is 0.0463. The summed E-state index contributed by atoms with van der Waals surface area (Å²) >= 11 is 7.26. The van der Waals surface area contributed by atoms with Gasteiger partial charge < -0.3 is 5.32 Å². The first-order valence-electron chi connectivity index (χ1n) is 8.22. The summed E-state index contributed by atoms with van der Waals surface area (Å²) in [7, 11) is 0. The fourth-order valence-electron chi connectivity index (χ4n) is 2.71. The van der Waals surface area contributed by atoms with Crippen LogP contribution in [0.4, 0.5) is 0 Å². The second-order valence-corrected chi connectivity index (χ2v) is 7.62. The molecule has 132 valence electrons. The first-order valence-corrected chi connectivity index (χ1v) is 9.59. The highest BCUT2D eigenvalue weighted by Crippen LogP contribution is 2.32. The van der Waals surface area contributed by atoms with E-state index < -0.39 is 0 Å². The van der Waals surface area contributed by atoms with Crippen LogP contribution in [-0.4, -0.2) is 27.3 Å². The maximum atomic E-state index is 12.7. The van der Waals surface area contributed by atoms with Crippen LogP contribution in [-0.2, 0) is 11.3 Å². The fraction of sp³-hybridized carbons (Fsp3) is 0.389. The average molecular weight is 378 g/mol. The number of nitrogens with one attached hydrogen (secondary N) is 1. The van der Waals surface area contributed by atoms with Crippen LogP contribution in [0.1, 0.15) is 19.8 Å². The zero-order valence-corrected chi connectivity index (χ0v) is 15.6. The molecule has 0 bridgehead atoms. The Bertz CT molecular complexity index is 876. The van der Waals surface area contributed by atoms with Crippen molar-refractivity contribution in [2.75, 3.05) is 5.75 Å². The quantitative estimate of drug-likeness (QED) is 0.457. The molecule has 5 nitrogen and oxygen atoms in total. The van der Waals surface area contributed by atoms with E-state index in [0.717, 1.165) is 0 Å². The van der Waals surface area contributed by atoms with E-state index in [4.69, 9.17) is 11.6 Å². The third-order valence-electron chi connectivity index (χ3n) is 4.24. The van der Waals surface area contributed by atoms with E-state index in [1.165, 1.54) is 29.2 Å². The van der Waals surface area contributed by atoms with Gasteiger partial charge in [-0.1, -0.05) is 29.4 Å². The van der Waals surface area contributed by atoms with E-state index >= 15 is 0 Å². The van der Waals surface area contributed by atoms with Crippen LogP contribution >= 0.6 is 23.4 Å². The number of amides is 1. The summed E-state index contributed by atoms with van der Waals surface area (Å²) in [6.45, 7) is 6.07. The van der Waals surface area contributed by atoms with Gasteiger partial charge >= 0.3 is 0 Å². The number of rotatable bonds is 7. The minimum atomic E-state index is -0.157. The van der Waals surface area contributed by atoms with Crippen LogP contribution in [0.2, 0.25) is 5.02 Å². The van der Waals surface area contributed by atoms with Crippen molar-refractivity contribution < 1.29 is 4.79 Å². The monoisotopic (exact) mass is 377 g/mol. The van der Waals surface area contributed by atoms with Crippen LogP contribution in [0.3, 0.4) is 0 Å². The highest BCUT2D eigenvalue weighted by Gasteiger charge is 2.28. The maximum Gasteiger partial charge on any atom is 0.262 e. The van der Waals surface area contributed by atoms with Crippen LogP contribution < -0.4 is 10.9 Å². The summed E-state index contributed by atoms with van der Waals surface area (Å²) in [5.41, 5.74) is 0.378. The smallest absolute Gasteiger partial charge is 0.262 e. The Morgan fingerprint density at radius 3 is 3.00 bits per heavy atom. The molecule has 1 fully saturated rings. The van der Waals surface area contributed by atoms with E-state index in [2.05, 4.69) is 16.9 Å². The van der Waals surface area contributed by atoms with E-state index in [9.17, 15) is 9.59 Å². The van der Waals surface area contributed by atoms with Crippen LogP contribution in [0, 0.1) is 5.92 Å². The van der Waals surface area contributed by atoms with E-state index in [1.807, 2.05) is 6.92 Å². The van der Waals surface area contributed by atoms with Gasteiger partial charge in [0.05, 0.1) is 16.7 Å². The molecule has 25 heavy (non-hydrogen) atoms. The molecule has 1 aliphatic carbocycles. The number of halogens is 1. The molecule has 7 heteroatoms. The van der Waals surface area contributed by atoms with Gasteiger partial charge in [0.25, 0.3) is 5.56 Å². The summed E-state index contributed by atoms with van der Waals surface area (Å²) in [6.07, 6.45) is 4.01. The Labute approximate surface area is 155 Å². The molecule has 1 aliphatic rings. The van der Waals surface area contributed by atoms with E-state index in [0.29, 0.717) is 33.5 Å².